The largest absolute Gasteiger partial charge is 0.416 e. The Kier molecular flexibility index (Phi) is 7.93. The zero-order valence-corrected chi connectivity index (χ0v) is 17.7. The monoisotopic (exact) mass is 471 g/mol. The van der Waals surface area contributed by atoms with E-state index in [1.165, 1.54) is 24.6 Å². The molecule has 0 unspecified atom stereocenters. The van der Waals surface area contributed by atoms with Crippen molar-refractivity contribution in [2.24, 2.45) is 15.3 Å². The average Bonchev–Trinajstić information content (AvgIpc) is 2.80. The first-order chi connectivity index (χ1) is 15.8. The molecule has 0 saturated heterocycles. The SMILES string of the molecule is O=C(NC(=N/N=C/c1ccc(C(F)(F)F)cc1)N/N=C/c1ccc(Cl)cc1)c1ccccc1. The van der Waals surface area contributed by atoms with Gasteiger partial charge in [-0.05, 0) is 47.5 Å². The van der Waals surface area contributed by atoms with Crippen LogP contribution >= 0.6 is 11.6 Å². The van der Waals surface area contributed by atoms with Gasteiger partial charge in [-0.3, -0.25) is 10.1 Å². The molecular formula is C23H17ClF3N5O. The Balaban J connectivity index is 1.74. The standard InChI is InChI=1S/C23H17ClF3N5O/c24-20-12-8-17(9-13-20)15-29-32-22(30-21(33)18-4-2-1-3-5-18)31-28-14-16-6-10-19(11-7-16)23(25,26)27/h1-15H,(H2,30,31,32,33)/b28-14+,29-15+. The predicted octanol–water partition coefficient (Wildman–Crippen LogP) is 5.10. The van der Waals surface area contributed by atoms with Crippen molar-refractivity contribution in [2.45, 2.75) is 6.18 Å². The van der Waals surface area contributed by atoms with Gasteiger partial charge in [0.15, 0.2) is 0 Å². The number of carbonyl (C=O) groups excluding carboxylic acids is 1. The van der Waals surface area contributed by atoms with Crippen LogP contribution in [0.4, 0.5) is 13.2 Å². The van der Waals surface area contributed by atoms with Gasteiger partial charge in [0, 0.05) is 10.6 Å². The number of rotatable bonds is 5. The number of amides is 1. The lowest BCUT2D eigenvalue weighted by Crippen LogP contribution is -2.38. The van der Waals surface area contributed by atoms with E-state index < -0.39 is 17.6 Å². The molecule has 3 rings (SSSR count). The van der Waals surface area contributed by atoms with E-state index in [4.69, 9.17) is 11.6 Å². The van der Waals surface area contributed by atoms with Crippen molar-refractivity contribution < 1.29 is 18.0 Å². The molecule has 0 heterocycles. The molecule has 6 nitrogen and oxygen atoms in total. The molecule has 0 radical (unpaired) electrons. The summed E-state index contributed by atoms with van der Waals surface area (Å²) >= 11 is 5.85. The summed E-state index contributed by atoms with van der Waals surface area (Å²) in [5, 5.41) is 14.9. The number of carbonyl (C=O) groups is 1. The van der Waals surface area contributed by atoms with Crippen molar-refractivity contribution in [3.63, 3.8) is 0 Å². The van der Waals surface area contributed by atoms with Crippen LogP contribution in [0.2, 0.25) is 5.02 Å². The fourth-order valence-electron chi connectivity index (χ4n) is 2.47. The van der Waals surface area contributed by atoms with Crippen molar-refractivity contribution in [3.05, 3.63) is 106 Å². The predicted molar refractivity (Wildman–Crippen MR) is 123 cm³/mol. The molecule has 3 aromatic carbocycles. The zero-order chi connectivity index (χ0) is 23.7. The first kappa shape index (κ1) is 23.7. The second kappa shape index (κ2) is 11.1. The molecule has 10 heteroatoms. The Morgan fingerprint density at radius 2 is 1.45 bits per heavy atom. The minimum Gasteiger partial charge on any atom is -0.290 e. The smallest absolute Gasteiger partial charge is 0.290 e. The van der Waals surface area contributed by atoms with Crippen LogP contribution in [-0.4, -0.2) is 24.3 Å². The molecule has 0 atom stereocenters. The van der Waals surface area contributed by atoms with Gasteiger partial charge in [0.1, 0.15) is 0 Å². The second-order valence-corrected chi connectivity index (χ2v) is 6.99. The number of nitrogens with zero attached hydrogens (tertiary/aromatic N) is 3. The normalized spacial score (nSPS) is 12.3. The number of hydrogen-bond donors (Lipinski definition) is 2. The molecule has 0 bridgehead atoms. The molecule has 33 heavy (non-hydrogen) atoms. The summed E-state index contributed by atoms with van der Waals surface area (Å²) in [5.41, 5.74) is 3.35. The minimum atomic E-state index is -4.42. The van der Waals surface area contributed by atoms with E-state index in [1.807, 2.05) is 0 Å². The van der Waals surface area contributed by atoms with E-state index in [9.17, 15) is 18.0 Å². The number of alkyl halides is 3. The van der Waals surface area contributed by atoms with Gasteiger partial charge >= 0.3 is 6.18 Å². The molecule has 0 aromatic heterocycles. The maximum absolute atomic E-state index is 12.7. The van der Waals surface area contributed by atoms with Crippen molar-refractivity contribution in [2.75, 3.05) is 0 Å². The van der Waals surface area contributed by atoms with Crippen LogP contribution in [0.15, 0.2) is 94.2 Å². The topological polar surface area (TPSA) is 78.2 Å². The van der Waals surface area contributed by atoms with Crippen molar-refractivity contribution in [1.29, 1.82) is 0 Å². The third kappa shape index (κ3) is 7.58. The van der Waals surface area contributed by atoms with Crippen LogP contribution in [0, 0.1) is 0 Å². The Labute approximate surface area is 192 Å². The third-order valence-corrected chi connectivity index (χ3v) is 4.38. The lowest BCUT2D eigenvalue weighted by molar-refractivity contribution is -0.137. The summed E-state index contributed by atoms with van der Waals surface area (Å²) in [6.45, 7) is 0. The molecule has 0 aliphatic rings. The van der Waals surface area contributed by atoms with Crippen molar-refractivity contribution in [3.8, 4) is 0 Å². The molecule has 0 saturated carbocycles. The Bertz CT molecular complexity index is 1160. The summed E-state index contributed by atoms with van der Waals surface area (Å²) < 4.78 is 38.0. The van der Waals surface area contributed by atoms with Crippen LogP contribution in [0.25, 0.3) is 0 Å². The molecule has 0 aliphatic carbocycles. The van der Waals surface area contributed by atoms with E-state index in [1.54, 1.807) is 54.6 Å². The molecular weight excluding hydrogens is 455 g/mol. The zero-order valence-electron chi connectivity index (χ0n) is 16.9. The Morgan fingerprint density at radius 3 is 2.09 bits per heavy atom. The number of hydrogen-bond acceptors (Lipinski definition) is 4. The minimum absolute atomic E-state index is 0.0859. The number of halogens is 4. The first-order valence-electron chi connectivity index (χ1n) is 9.50. The van der Waals surface area contributed by atoms with Gasteiger partial charge in [-0.15, -0.1) is 5.10 Å². The van der Waals surface area contributed by atoms with Crippen LogP contribution in [0.3, 0.4) is 0 Å². The highest BCUT2D eigenvalue weighted by atomic mass is 35.5. The fraction of sp³-hybridized carbons (Fsp3) is 0.0435. The Morgan fingerprint density at radius 1 is 0.848 bits per heavy atom. The summed E-state index contributed by atoms with van der Waals surface area (Å²) in [6.07, 6.45) is -1.69. The van der Waals surface area contributed by atoms with Crippen molar-refractivity contribution >= 4 is 35.9 Å². The first-order valence-corrected chi connectivity index (χ1v) is 9.88. The van der Waals surface area contributed by atoms with Gasteiger partial charge in [-0.25, -0.2) is 5.43 Å². The van der Waals surface area contributed by atoms with E-state index in [0.717, 1.165) is 17.7 Å². The van der Waals surface area contributed by atoms with Gasteiger partial charge in [-0.2, -0.15) is 23.4 Å². The number of nitrogens with one attached hydrogen (secondary N) is 2. The number of benzene rings is 3. The summed E-state index contributed by atoms with van der Waals surface area (Å²) in [4.78, 5) is 12.4. The molecule has 168 valence electrons. The van der Waals surface area contributed by atoms with E-state index in [-0.39, 0.29) is 5.96 Å². The van der Waals surface area contributed by atoms with Gasteiger partial charge < -0.3 is 0 Å². The van der Waals surface area contributed by atoms with E-state index >= 15 is 0 Å². The lowest BCUT2D eigenvalue weighted by Gasteiger charge is -2.07. The van der Waals surface area contributed by atoms with Gasteiger partial charge in [0.25, 0.3) is 5.91 Å². The summed E-state index contributed by atoms with van der Waals surface area (Å²) in [7, 11) is 0. The molecule has 0 spiro atoms. The van der Waals surface area contributed by atoms with Gasteiger partial charge in [0.2, 0.25) is 5.96 Å². The third-order valence-electron chi connectivity index (χ3n) is 4.12. The second-order valence-electron chi connectivity index (χ2n) is 6.55. The van der Waals surface area contributed by atoms with Crippen molar-refractivity contribution in [1.82, 2.24) is 10.7 Å². The molecule has 2 N–H and O–H groups in total. The maximum Gasteiger partial charge on any atom is 0.416 e. The van der Waals surface area contributed by atoms with E-state index in [2.05, 4.69) is 26.0 Å². The quantitative estimate of drug-likeness (QED) is 0.308. The highest BCUT2D eigenvalue weighted by Gasteiger charge is 2.29. The summed E-state index contributed by atoms with van der Waals surface area (Å²) in [6, 6.07) is 19.7. The van der Waals surface area contributed by atoms with Gasteiger partial charge in [-0.1, -0.05) is 54.1 Å². The molecule has 0 fully saturated rings. The van der Waals surface area contributed by atoms with Crippen LogP contribution in [0.5, 0.6) is 0 Å². The van der Waals surface area contributed by atoms with E-state index in [0.29, 0.717) is 16.1 Å². The van der Waals surface area contributed by atoms with Crippen LogP contribution < -0.4 is 10.7 Å². The maximum atomic E-state index is 12.7. The van der Waals surface area contributed by atoms with Crippen LogP contribution in [0.1, 0.15) is 27.0 Å². The lowest BCUT2D eigenvalue weighted by atomic mass is 10.1. The summed E-state index contributed by atoms with van der Waals surface area (Å²) in [5.74, 6) is -0.537. The number of hydrazone groups is 1. The average molecular weight is 472 g/mol. The molecule has 0 aliphatic heterocycles. The highest BCUT2D eigenvalue weighted by Crippen LogP contribution is 2.28. The molecule has 3 aromatic rings. The highest BCUT2D eigenvalue weighted by molar-refractivity contribution is 6.30. The fourth-order valence-corrected chi connectivity index (χ4v) is 2.60. The van der Waals surface area contributed by atoms with Gasteiger partial charge in [0.05, 0.1) is 18.0 Å². The molecule has 1 amide bonds. The Hall–Kier alpha value is -3.98. The van der Waals surface area contributed by atoms with Crippen LogP contribution in [-0.2, 0) is 6.18 Å². The number of guanidine groups is 1.